The van der Waals surface area contributed by atoms with Crippen molar-refractivity contribution in [1.29, 1.82) is 0 Å². The van der Waals surface area contributed by atoms with Gasteiger partial charge in [-0.1, -0.05) is 87.4 Å². The minimum absolute atomic E-state index is 0.173. The van der Waals surface area contributed by atoms with Gasteiger partial charge in [0.25, 0.3) is 0 Å². The van der Waals surface area contributed by atoms with E-state index in [1.165, 1.54) is 30.4 Å². The molecule has 0 saturated carbocycles. The number of carbonyl (C=O) groups excluding carboxylic acids is 2. The summed E-state index contributed by atoms with van der Waals surface area (Å²) in [6.45, 7) is 18.1. The van der Waals surface area contributed by atoms with Gasteiger partial charge in [0, 0.05) is 71.6 Å². The van der Waals surface area contributed by atoms with E-state index < -0.39 is 45.1 Å². The Kier molecular flexibility index (Phi) is 28.8. The van der Waals surface area contributed by atoms with E-state index in [1.54, 1.807) is 79.4 Å². The zero-order valence-corrected chi connectivity index (χ0v) is 51.6. The number of unbranched alkanes of at least 4 members (excludes halogenated alkanes) is 4. The molecule has 0 aliphatic heterocycles. The number of ether oxygens (including phenoxy) is 4. The molecule has 0 unspecified atom stereocenters. The van der Waals surface area contributed by atoms with Crippen LogP contribution in [0.25, 0.3) is 23.3 Å². The van der Waals surface area contributed by atoms with Gasteiger partial charge in [-0.15, -0.1) is 0 Å². The van der Waals surface area contributed by atoms with Crippen LogP contribution < -0.4 is 20.1 Å². The van der Waals surface area contributed by atoms with E-state index in [9.17, 15) is 26.8 Å². The number of nitrogens with one attached hydrogen (secondary N) is 2. The van der Waals surface area contributed by atoms with Crippen molar-refractivity contribution >= 4 is 51.3 Å². The molecule has 0 aliphatic rings. The van der Waals surface area contributed by atoms with Crippen molar-refractivity contribution < 1.29 is 45.7 Å². The molecule has 0 spiro atoms. The minimum Gasteiger partial charge on any atom is -0.491 e. The van der Waals surface area contributed by atoms with Gasteiger partial charge in [-0.25, -0.2) is 18.7 Å². The molecule has 14 nitrogen and oxygen atoms in total. The topological polar surface area (TPSA) is 165 Å². The monoisotopic (exact) mass is 1210 g/mol. The van der Waals surface area contributed by atoms with Crippen LogP contribution in [0.3, 0.4) is 0 Å². The Morgan fingerprint density at radius 3 is 1.98 bits per heavy atom. The van der Waals surface area contributed by atoms with E-state index in [0.29, 0.717) is 65.8 Å². The smallest absolute Gasteiger partial charge is 0.248 e. The maximum atomic E-state index is 14.8. The molecule has 0 aliphatic carbocycles. The van der Waals surface area contributed by atoms with E-state index in [1.807, 2.05) is 80.8 Å². The molecular formula is C68H80F2N6O8S2. The summed E-state index contributed by atoms with van der Waals surface area (Å²) in [6.07, 6.45) is 24.5. The molecule has 18 heteroatoms. The molecule has 0 fully saturated rings. The SMILES string of the molecule is C=C/C(F)=C(/C=C/C(=O)NC/C=C\C(=C/C)[S@](=O)Cc1c(C)ncn1CC)\C=C\c1ccc(OCCOCCCCCCn2cnc(C)c2C[S@](=O)c2ccc(NC(=O)/C=C/c3cc(-c4ccc(OCCOCCCC)cc4)ccc3F)cc2)cc1. The Morgan fingerprint density at radius 1 is 0.674 bits per heavy atom. The highest BCUT2D eigenvalue weighted by Gasteiger charge is 2.15. The number of benzene rings is 4. The zero-order chi connectivity index (χ0) is 61.5. The number of allylic oxidation sites excluding steroid dienone is 7. The maximum Gasteiger partial charge on any atom is 0.248 e. The number of nitrogens with zero attached hydrogens (tertiary/aromatic N) is 4. The fraction of sp³-hybridized carbons (Fsp3) is 0.324. The number of aryl methyl sites for hydroxylation is 4. The van der Waals surface area contributed by atoms with Gasteiger partial charge in [0.2, 0.25) is 11.8 Å². The Bertz CT molecular complexity index is 3380. The van der Waals surface area contributed by atoms with Crippen LogP contribution in [0, 0.1) is 19.7 Å². The van der Waals surface area contributed by atoms with Crippen molar-refractivity contribution in [3.05, 3.63) is 215 Å². The number of hydrogen-bond acceptors (Lipinski definition) is 10. The molecule has 6 rings (SSSR count). The second kappa shape index (κ2) is 36.8. The number of anilines is 1. The third-order valence-electron chi connectivity index (χ3n) is 13.7. The summed E-state index contributed by atoms with van der Waals surface area (Å²) >= 11 is 0. The van der Waals surface area contributed by atoms with Crippen molar-refractivity contribution in [3.63, 3.8) is 0 Å². The van der Waals surface area contributed by atoms with Gasteiger partial charge >= 0.3 is 0 Å². The molecule has 2 atom stereocenters. The number of imidazole rings is 2. The molecule has 0 bridgehead atoms. The average Bonchev–Trinajstić information content (AvgIpc) is 4.27. The van der Waals surface area contributed by atoms with Crippen LogP contribution in [0.15, 0.2) is 180 Å². The summed E-state index contributed by atoms with van der Waals surface area (Å²) in [4.78, 5) is 35.6. The normalized spacial score (nSPS) is 13.0. The number of aromatic nitrogens is 4. The van der Waals surface area contributed by atoms with Gasteiger partial charge in [-0.05, 0) is 149 Å². The lowest BCUT2D eigenvalue weighted by molar-refractivity contribution is -0.116. The van der Waals surface area contributed by atoms with E-state index >= 15 is 0 Å². The molecule has 2 aromatic heterocycles. The number of carbonyl (C=O) groups is 2. The van der Waals surface area contributed by atoms with E-state index in [0.717, 1.165) is 110 Å². The molecule has 2 heterocycles. The van der Waals surface area contributed by atoms with Crippen molar-refractivity contribution in [2.45, 2.75) is 103 Å². The summed E-state index contributed by atoms with van der Waals surface area (Å²) in [7, 11) is -2.64. The predicted octanol–water partition coefficient (Wildman–Crippen LogP) is 13.8. The highest BCUT2D eigenvalue weighted by atomic mass is 32.2. The summed E-state index contributed by atoms with van der Waals surface area (Å²) in [5.41, 5.74) is 6.96. The molecule has 2 N–H and O–H groups in total. The van der Waals surface area contributed by atoms with Crippen LogP contribution in [0.4, 0.5) is 14.5 Å². The Morgan fingerprint density at radius 2 is 1.31 bits per heavy atom. The van der Waals surface area contributed by atoms with Crippen LogP contribution in [-0.2, 0) is 65.3 Å². The van der Waals surface area contributed by atoms with Crippen molar-refractivity contribution in [2.75, 3.05) is 51.5 Å². The van der Waals surface area contributed by atoms with Crippen LogP contribution in [0.5, 0.6) is 11.5 Å². The first-order valence-electron chi connectivity index (χ1n) is 29.1. The molecule has 86 heavy (non-hydrogen) atoms. The molecule has 2 amide bonds. The first kappa shape index (κ1) is 67.2. The fourth-order valence-corrected chi connectivity index (χ4v) is 11.2. The summed E-state index contributed by atoms with van der Waals surface area (Å²) in [5.74, 6) is 0.140. The summed E-state index contributed by atoms with van der Waals surface area (Å²) in [5, 5.41) is 5.54. The highest BCUT2D eigenvalue weighted by molar-refractivity contribution is 7.88. The molecule has 4 aromatic carbocycles. The second-order valence-corrected chi connectivity index (χ2v) is 22.8. The first-order valence-corrected chi connectivity index (χ1v) is 31.7. The predicted molar refractivity (Wildman–Crippen MR) is 342 cm³/mol. The quantitative estimate of drug-likeness (QED) is 0.0218. The van der Waals surface area contributed by atoms with Gasteiger partial charge in [0.15, 0.2) is 0 Å². The molecular weight excluding hydrogens is 1130 g/mol. The standard InChI is InChI=1S/C68H80F2N6O8S2/c1-7-11-40-81-42-44-84-60-31-22-54(23-32-60)56-24-35-64(70)57(46-56)26-37-68(78)74-58-27-33-62(34-28-58)86(80)48-66-52(6)73-50-76(66)39-14-12-13-15-41-82-43-45-83-59-29-19-53(20-30-59)18-21-55(63(69)9-3)25-36-67(77)71-38-16-17-61(8-2)85(79)47-65-51(5)72-49-75(65)10-4/h8-9,16-37,46,49-50H,3,7,10-15,38-45,47-48H2,1-2,4-6H3,(H,71,77)(H,74,78)/b17-16-,21-18+,36-25+,37-26+,61-8+,63-55-/t85-,86+/m1/s1. The van der Waals surface area contributed by atoms with E-state index in [2.05, 4.69) is 38.7 Å². The molecule has 456 valence electrons. The van der Waals surface area contributed by atoms with E-state index in [-0.39, 0.29) is 17.7 Å². The van der Waals surface area contributed by atoms with Gasteiger partial charge in [-0.2, -0.15) is 0 Å². The first-order chi connectivity index (χ1) is 41.8. The summed E-state index contributed by atoms with van der Waals surface area (Å²) in [6, 6.07) is 26.5. The lowest BCUT2D eigenvalue weighted by Crippen LogP contribution is -2.20. The van der Waals surface area contributed by atoms with Crippen molar-refractivity contribution in [2.24, 2.45) is 0 Å². The Balaban J connectivity index is 0.833. The van der Waals surface area contributed by atoms with Crippen LogP contribution in [-0.4, -0.2) is 85.5 Å². The van der Waals surface area contributed by atoms with Crippen molar-refractivity contribution in [1.82, 2.24) is 24.4 Å². The minimum atomic E-state index is -1.36. The third kappa shape index (κ3) is 22.5. The maximum absolute atomic E-state index is 14.8. The summed E-state index contributed by atoms with van der Waals surface area (Å²) < 4.78 is 83.3. The van der Waals surface area contributed by atoms with Gasteiger partial charge in [0.1, 0.15) is 36.4 Å². The van der Waals surface area contributed by atoms with E-state index in [4.69, 9.17) is 18.9 Å². The third-order valence-corrected chi connectivity index (χ3v) is 16.4. The lowest BCUT2D eigenvalue weighted by Gasteiger charge is -2.10. The highest BCUT2D eigenvalue weighted by Crippen LogP contribution is 2.26. The Hall–Kier alpha value is -7.90. The van der Waals surface area contributed by atoms with Crippen LogP contribution >= 0.6 is 0 Å². The second-order valence-electron chi connectivity index (χ2n) is 19.9. The number of hydrogen-bond donors (Lipinski definition) is 2. The molecule has 6 aromatic rings. The number of rotatable bonds is 37. The molecule has 0 radical (unpaired) electrons. The van der Waals surface area contributed by atoms with Gasteiger partial charge in [-0.3, -0.25) is 18.0 Å². The number of halogens is 2. The fourth-order valence-electron chi connectivity index (χ4n) is 8.69. The van der Waals surface area contributed by atoms with Gasteiger partial charge < -0.3 is 38.7 Å². The lowest BCUT2D eigenvalue weighted by atomic mass is 10.0. The molecule has 0 saturated heterocycles. The largest absolute Gasteiger partial charge is 0.491 e. The van der Waals surface area contributed by atoms with Gasteiger partial charge in [0.05, 0.1) is 81.7 Å². The average molecular weight is 1210 g/mol. The Labute approximate surface area is 510 Å². The van der Waals surface area contributed by atoms with Crippen LogP contribution in [0.2, 0.25) is 0 Å². The van der Waals surface area contributed by atoms with Crippen molar-refractivity contribution in [3.8, 4) is 22.6 Å². The van der Waals surface area contributed by atoms with Crippen LogP contribution in [0.1, 0.15) is 93.2 Å². The zero-order valence-electron chi connectivity index (χ0n) is 49.9. The number of amides is 2.